The van der Waals surface area contributed by atoms with E-state index in [4.69, 9.17) is 18.6 Å². The van der Waals surface area contributed by atoms with Gasteiger partial charge in [-0.1, -0.05) is 36.4 Å². The number of ether oxygens (including phenoxy) is 3. The van der Waals surface area contributed by atoms with Gasteiger partial charge in [0.1, 0.15) is 29.8 Å². The van der Waals surface area contributed by atoms with Crippen molar-refractivity contribution in [2.24, 2.45) is 0 Å². The standard InChI is InChI=1S/C27H20F3NO5/c28-19-11-17(26-18(12-19)15-34-27(36-26)16-5-2-1-3-6-16)14-33-24(32)10-9-23-31-13-22(35-23)25-20(29)7-4-8-21(25)30/h1-8,11-13,27H,9-10,14-15H2/t27-/m0/s1. The molecule has 0 saturated carbocycles. The van der Waals surface area contributed by atoms with Crippen molar-refractivity contribution in [3.8, 4) is 17.1 Å². The molecule has 3 aromatic carbocycles. The molecular formula is C27H20F3NO5. The van der Waals surface area contributed by atoms with Crippen molar-refractivity contribution in [3.63, 3.8) is 0 Å². The Bertz CT molecular complexity index is 1370. The van der Waals surface area contributed by atoms with Crippen LogP contribution >= 0.6 is 0 Å². The molecule has 1 aliphatic rings. The lowest BCUT2D eigenvalue weighted by molar-refractivity contribution is -0.145. The smallest absolute Gasteiger partial charge is 0.306 e. The van der Waals surface area contributed by atoms with E-state index in [1.54, 1.807) is 0 Å². The Morgan fingerprint density at radius 3 is 2.58 bits per heavy atom. The van der Waals surface area contributed by atoms with E-state index in [-0.39, 0.29) is 43.3 Å². The zero-order chi connectivity index (χ0) is 25.1. The fraction of sp³-hybridized carbons (Fsp3) is 0.185. The summed E-state index contributed by atoms with van der Waals surface area (Å²) in [5.41, 5.74) is 1.36. The summed E-state index contributed by atoms with van der Waals surface area (Å²) in [5.74, 6) is -2.19. The van der Waals surface area contributed by atoms with Crippen LogP contribution in [0.4, 0.5) is 13.2 Å². The molecule has 6 nitrogen and oxygen atoms in total. The van der Waals surface area contributed by atoms with Gasteiger partial charge in [0.25, 0.3) is 0 Å². The summed E-state index contributed by atoms with van der Waals surface area (Å²) >= 11 is 0. The third-order valence-corrected chi connectivity index (χ3v) is 5.59. The molecule has 0 aliphatic carbocycles. The van der Waals surface area contributed by atoms with Gasteiger partial charge in [-0.25, -0.2) is 18.2 Å². The second kappa shape index (κ2) is 10.2. The van der Waals surface area contributed by atoms with E-state index in [1.165, 1.54) is 24.4 Å². The number of aromatic nitrogens is 1. The third kappa shape index (κ3) is 5.11. The van der Waals surface area contributed by atoms with Gasteiger partial charge >= 0.3 is 5.97 Å². The lowest BCUT2D eigenvalue weighted by Crippen LogP contribution is -2.20. The largest absolute Gasteiger partial charge is 0.461 e. The average Bonchev–Trinajstić information content (AvgIpc) is 3.34. The number of carbonyl (C=O) groups is 1. The second-order valence-corrected chi connectivity index (χ2v) is 8.10. The zero-order valence-electron chi connectivity index (χ0n) is 18.9. The fourth-order valence-electron chi connectivity index (χ4n) is 3.87. The summed E-state index contributed by atoms with van der Waals surface area (Å²) in [5, 5.41) is 0. The third-order valence-electron chi connectivity index (χ3n) is 5.59. The summed E-state index contributed by atoms with van der Waals surface area (Å²) in [6.45, 7) is -0.0690. The summed E-state index contributed by atoms with van der Waals surface area (Å²) < 4.78 is 64.4. The van der Waals surface area contributed by atoms with E-state index in [9.17, 15) is 18.0 Å². The SMILES string of the molecule is O=C(CCc1ncc(-c2c(F)cccc2F)o1)OCc1cc(F)cc2c1O[C@@H](c1ccccc1)OC2. The van der Waals surface area contributed by atoms with Crippen molar-refractivity contribution < 1.29 is 36.6 Å². The number of fused-ring (bicyclic) bond motifs is 1. The van der Waals surface area contributed by atoms with Gasteiger partial charge in [0.05, 0.1) is 24.8 Å². The Morgan fingerprint density at radius 2 is 1.81 bits per heavy atom. The summed E-state index contributed by atoms with van der Waals surface area (Å²) in [6.07, 6.45) is 0.478. The van der Waals surface area contributed by atoms with Crippen molar-refractivity contribution in [3.05, 3.63) is 107 Å². The van der Waals surface area contributed by atoms with Gasteiger partial charge in [-0.3, -0.25) is 4.79 Å². The van der Waals surface area contributed by atoms with Crippen molar-refractivity contribution >= 4 is 5.97 Å². The Balaban J connectivity index is 1.21. The first-order valence-electron chi connectivity index (χ1n) is 11.2. The fourth-order valence-corrected chi connectivity index (χ4v) is 3.87. The first-order chi connectivity index (χ1) is 17.5. The van der Waals surface area contributed by atoms with Crippen LogP contribution in [-0.4, -0.2) is 11.0 Å². The summed E-state index contributed by atoms with van der Waals surface area (Å²) in [4.78, 5) is 16.3. The van der Waals surface area contributed by atoms with E-state index >= 15 is 0 Å². The predicted molar refractivity (Wildman–Crippen MR) is 121 cm³/mol. The maximum atomic E-state index is 14.1. The lowest BCUT2D eigenvalue weighted by Gasteiger charge is -2.28. The molecule has 0 unspecified atom stereocenters. The van der Waals surface area contributed by atoms with Gasteiger partial charge in [-0.15, -0.1) is 0 Å². The molecule has 36 heavy (non-hydrogen) atoms. The summed E-state index contributed by atoms with van der Waals surface area (Å²) in [6, 6.07) is 15.3. The number of aryl methyl sites for hydroxylation is 1. The van der Waals surface area contributed by atoms with Gasteiger partial charge in [0, 0.05) is 23.1 Å². The normalized spacial score (nSPS) is 14.7. The highest BCUT2D eigenvalue weighted by atomic mass is 19.1. The second-order valence-electron chi connectivity index (χ2n) is 8.10. The van der Waals surface area contributed by atoms with Crippen LogP contribution in [0.15, 0.2) is 71.3 Å². The van der Waals surface area contributed by atoms with Crippen LogP contribution < -0.4 is 4.74 Å². The number of oxazole rings is 1. The minimum absolute atomic E-state index is 0.0522. The Morgan fingerprint density at radius 1 is 1.03 bits per heavy atom. The van der Waals surface area contributed by atoms with Gasteiger partial charge < -0.3 is 18.6 Å². The topological polar surface area (TPSA) is 70.8 Å². The van der Waals surface area contributed by atoms with Crippen LogP contribution in [0.1, 0.15) is 35.3 Å². The Labute approximate surface area is 204 Å². The van der Waals surface area contributed by atoms with Crippen LogP contribution in [-0.2, 0) is 33.9 Å². The number of carbonyl (C=O) groups excluding carboxylic acids is 1. The molecule has 1 aliphatic heterocycles. The molecule has 0 spiro atoms. The maximum absolute atomic E-state index is 14.1. The molecule has 184 valence electrons. The molecule has 0 fully saturated rings. The molecule has 0 saturated heterocycles. The number of nitrogens with zero attached hydrogens (tertiary/aromatic N) is 1. The number of halogens is 3. The Hall–Kier alpha value is -4.11. The molecule has 1 atom stereocenters. The van der Waals surface area contributed by atoms with E-state index in [0.29, 0.717) is 16.9 Å². The van der Waals surface area contributed by atoms with E-state index < -0.39 is 29.7 Å². The number of benzene rings is 3. The van der Waals surface area contributed by atoms with Gasteiger partial charge in [-0.05, 0) is 24.3 Å². The van der Waals surface area contributed by atoms with Crippen LogP contribution in [0.2, 0.25) is 0 Å². The molecule has 1 aromatic heterocycles. The number of rotatable bonds is 7. The van der Waals surface area contributed by atoms with Crippen molar-refractivity contribution in [1.82, 2.24) is 4.98 Å². The van der Waals surface area contributed by atoms with Gasteiger partial charge in [0.2, 0.25) is 6.29 Å². The van der Waals surface area contributed by atoms with Gasteiger partial charge in [-0.2, -0.15) is 0 Å². The van der Waals surface area contributed by atoms with Crippen LogP contribution in [0.5, 0.6) is 5.75 Å². The van der Waals surface area contributed by atoms with Crippen molar-refractivity contribution in [2.75, 3.05) is 0 Å². The zero-order valence-corrected chi connectivity index (χ0v) is 18.9. The Kier molecular flexibility index (Phi) is 6.73. The minimum atomic E-state index is -0.780. The number of esters is 1. The van der Waals surface area contributed by atoms with E-state index in [0.717, 1.165) is 17.7 Å². The number of hydrogen-bond acceptors (Lipinski definition) is 6. The first kappa shape index (κ1) is 23.6. The van der Waals surface area contributed by atoms with Crippen LogP contribution in [0, 0.1) is 17.5 Å². The number of hydrogen-bond donors (Lipinski definition) is 0. The maximum Gasteiger partial charge on any atom is 0.306 e. The molecule has 0 radical (unpaired) electrons. The molecule has 2 heterocycles. The molecule has 0 bridgehead atoms. The highest BCUT2D eigenvalue weighted by Crippen LogP contribution is 2.37. The molecular weight excluding hydrogens is 475 g/mol. The molecule has 0 amide bonds. The first-order valence-corrected chi connectivity index (χ1v) is 11.2. The molecule has 0 N–H and O–H groups in total. The van der Waals surface area contributed by atoms with Gasteiger partial charge in [0.15, 0.2) is 11.7 Å². The quantitative estimate of drug-likeness (QED) is 0.291. The van der Waals surface area contributed by atoms with Crippen molar-refractivity contribution in [2.45, 2.75) is 32.3 Å². The summed E-state index contributed by atoms with van der Waals surface area (Å²) in [7, 11) is 0. The molecule has 9 heteroatoms. The van der Waals surface area contributed by atoms with E-state index in [2.05, 4.69) is 4.98 Å². The molecule has 5 rings (SSSR count). The van der Waals surface area contributed by atoms with E-state index in [1.807, 2.05) is 30.3 Å². The van der Waals surface area contributed by atoms with Crippen molar-refractivity contribution in [1.29, 1.82) is 0 Å². The highest BCUT2D eigenvalue weighted by molar-refractivity contribution is 5.69. The van der Waals surface area contributed by atoms with Crippen LogP contribution in [0.25, 0.3) is 11.3 Å². The minimum Gasteiger partial charge on any atom is -0.461 e. The lowest BCUT2D eigenvalue weighted by atomic mass is 10.1. The average molecular weight is 495 g/mol. The monoisotopic (exact) mass is 495 g/mol. The molecule has 4 aromatic rings. The van der Waals surface area contributed by atoms with Crippen LogP contribution in [0.3, 0.4) is 0 Å². The highest BCUT2D eigenvalue weighted by Gasteiger charge is 2.26. The predicted octanol–water partition coefficient (Wildman–Crippen LogP) is 6.04.